The van der Waals surface area contributed by atoms with Crippen molar-refractivity contribution >= 4 is 17.5 Å². The van der Waals surface area contributed by atoms with Gasteiger partial charge in [0.15, 0.2) is 0 Å². The smallest absolute Gasteiger partial charge is 0.313 e. The van der Waals surface area contributed by atoms with Crippen LogP contribution in [-0.2, 0) is 16.0 Å². The van der Waals surface area contributed by atoms with E-state index in [1.54, 1.807) is 12.1 Å². The second-order valence-electron chi connectivity index (χ2n) is 6.42. The number of amides is 2. The Morgan fingerprint density at radius 2 is 1.88 bits per heavy atom. The number of ether oxygens (including phenoxy) is 1. The first-order valence-corrected chi connectivity index (χ1v) is 8.37. The Kier molecular flexibility index (Phi) is 5.03. The molecule has 1 fully saturated rings. The lowest BCUT2D eigenvalue weighted by atomic mass is 10.1. The zero-order valence-corrected chi connectivity index (χ0v) is 14.4. The molecule has 25 heavy (non-hydrogen) atoms. The molecule has 5 nitrogen and oxygen atoms in total. The lowest BCUT2D eigenvalue weighted by Gasteiger charge is -2.11. The molecule has 3 rings (SSSR count). The molecule has 2 aromatic carbocycles. The number of benzene rings is 2. The van der Waals surface area contributed by atoms with Crippen molar-refractivity contribution in [3.63, 3.8) is 0 Å². The topological polar surface area (TPSA) is 67.4 Å². The Morgan fingerprint density at radius 1 is 1.12 bits per heavy atom. The maximum atomic E-state index is 12.1. The number of rotatable bonds is 5. The van der Waals surface area contributed by atoms with Gasteiger partial charge in [-0.3, -0.25) is 9.59 Å². The Labute approximate surface area is 147 Å². The molecule has 0 aromatic heterocycles. The molecule has 2 unspecified atom stereocenters. The number of aryl methyl sites for hydroxylation is 1. The summed E-state index contributed by atoms with van der Waals surface area (Å²) in [7, 11) is 1.53. The highest BCUT2D eigenvalue weighted by atomic mass is 16.5. The first-order chi connectivity index (χ1) is 12.1. The van der Waals surface area contributed by atoms with Gasteiger partial charge in [-0.2, -0.15) is 0 Å². The zero-order valence-electron chi connectivity index (χ0n) is 14.4. The summed E-state index contributed by atoms with van der Waals surface area (Å²) in [6.07, 6.45) is 1.82. The maximum absolute atomic E-state index is 12.1. The highest BCUT2D eigenvalue weighted by Gasteiger charge is 2.39. The van der Waals surface area contributed by atoms with Crippen LogP contribution in [0.25, 0.3) is 0 Å². The average molecular weight is 338 g/mol. The first-order valence-electron chi connectivity index (χ1n) is 8.37. The minimum absolute atomic E-state index is 0.0675. The van der Waals surface area contributed by atoms with Crippen molar-refractivity contribution < 1.29 is 14.3 Å². The van der Waals surface area contributed by atoms with Gasteiger partial charge in [-0.15, -0.1) is 0 Å². The van der Waals surface area contributed by atoms with Gasteiger partial charge in [0, 0.05) is 6.04 Å². The number of methoxy groups -OCH3 is 1. The summed E-state index contributed by atoms with van der Waals surface area (Å²) < 4.78 is 5.21. The third kappa shape index (κ3) is 4.38. The van der Waals surface area contributed by atoms with Gasteiger partial charge in [0.1, 0.15) is 5.75 Å². The molecule has 130 valence electrons. The summed E-state index contributed by atoms with van der Waals surface area (Å²) in [5, 5.41) is 5.43. The summed E-state index contributed by atoms with van der Waals surface area (Å²) in [5.41, 5.74) is 2.72. The molecule has 1 aliphatic carbocycles. The number of hydrogen-bond acceptors (Lipinski definition) is 3. The highest BCUT2D eigenvalue weighted by Crippen LogP contribution is 2.33. The van der Waals surface area contributed by atoms with Gasteiger partial charge in [0.25, 0.3) is 0 Å². The number of nitrogens with one attached hydrogen (secondary N) is 2. The van der Waals surface area contributed by atoms with Crippen LogP contribution < -0.4 is 15.4 Å². The Bertz CT molecular complexity index is 774. The monoisotopic (exact) mass is 338 g/mol. The Balaban J connectivity index is 1.52. The molecule has 0 aliphatic heterocycles. The van der Waals surface area contributed by atoms with Crippen LogP contribution in [0.1, 0.15) is 17.5 Å². The predicted molar refractivity (Wildman–Crippen MR) is 96.5 cm³/mol. The van der Waals surface area contributed by atoms with Gasteiger partial charge in [-0.05, 0) is 48.9 Å². The third-order valence-corrected chi connectivity index (χ3v) is 4.39. The maximum Gasteiger partial charge on any atom is 0.313 e. The summed E-state index contributed by atoms with van der Waals surface area (Å²) in [4.78, 5) is 24.3. The van der Waals surface area contributed by atoms with Gasteiger partial charge in [0.2, 0.25) is 0 Å². The van der Waals surface area contributed by atoms with Crippen LogP contribution in [0.15, 0.2) is 48.5 Å². The molecule has 1 aliphatic rings. The van der Waals surface area contributed by atoms with Gasteiger partial charge in [-0.25, -0.2) is 0 Å². The minimum Gasteiger partial charge on any atom is -0.495 e. The van der Waals surface area contributed by atoms with Crippen LogP contribution in [-0.4, -0.2) is 25.0 Å². The van der Waals surface area contributed by atoms with E-state index in [0.717, 1.165) is 18.4 Å². The van der Waals surface area contributed by atoms with Crippen molar-refractivity contribution in [1.82, 2.24) is 5.32 Å². The fraction of sp³-hybridized carbons (Fsp3) is 0.300. The Hall–Kier alpha value is -2.82. The van der Waals surface area contributed by atoms with Gasteiger partial charge in [0.05, 0.1) is 12.8 Å². The van der Waals surface area contributed by atoms with Crippen molar-refractivity contribution in [2.45, 2.75) is 25.8 Å². The van der Waals surface area contributed by atoms with E-state index in [-0.39, 0.29) is 6.04 Å². The zero-order chi connectivity index (χ0) is 17.8. The van der Waals surface area contributed by atoms with Crippen LogP contribution in [0.4, 0.5) is 5.69 Å². The largest absolute Gasteiger partial charge is 0.495 e. The van der Waals surface area contributed by atoms with Crippen molar-refractivity contribution in [2.24, 2.45) is 5.92 Å². The molecule has 2 amide bonds. The lowest BCUT2D eigenvalue weighted by Crippen LogP contribution is -2.37. The van der Waals surface area contributed by atoms with Crippen LogP contribution >= 0.6 is 0 Å². The normalized spacial score (nSPS) is 18.3. The van der Waals surface area contributed by atoms with E-state index < -0.39 is 11.8 Å². The van der Waals surface area contributed by atoms with E-state index in [4.69, 9.17) is 4.74 Å². The summed E-state index contributed by atoms with van der Waals surface area (Å²) in [6.45, 7) is 1.91. The standard InChI is InChI=1S/C20H22N2O3/c1-13-8-9-18(25-2)17(10-13)22-20(24)19(23)21-16-12-15(16)11-14-6-4-3-5-7-14/h3-10,15-16H,11-12H2,1-2H3,(H,21,23)(H,22,24). The third-order valence-electron chi connectivity index (χ3n) is 4.39. The summed E-state index contributed by atoms with van der Waals surface area (Å²) >= 11 is 0. The van der Waals surface area contributed by atoms with Gasteiger partial charge < -0.3 is 15.4 Å². The van der Waals surface area contributed by atoms with E-state index in [1.807, 2.05) is 31.2 Å². The second kappa shape index (κ2) is 7.38. The van der Waals surface area contributed by atoms with Crippen molar-refractivity contribution in [1.29, 1.82) is 0 Å². The molecular weight excluding hydrogens is 316 g/mol. The van der Waals surface area contributed by atoms with Crippen molar-refractivity contribution in [2.75, 3.05) is 12.4 Å². The number of hydrogen-bond donors (Lipinski definition) is 2. The Morgan fingerprint density at radius 3 is 2.60 bits per heavy atom. The van der Waals surface area contributed by atoms with E-state index in [9.17, 15) is 9.59 Å². The fourth-order valence-electron chi connectivity index (χ4n) is 2.90. The fourth-order valence-corrected chi connectivity index (χ4v) is 2.90. The SMILES string of the molecule is COc1ccc(C)cc1NC(=O)C(=O)NC1CC1Cc1ccccc1. The molecule has 0 radical (unpaired) electrons. The lowest BCUT2D eigenvalue weighted by molar-refractivity contribution is -0.136. The molecule has 2 atom stereocenters. The van der Waals surface area contributed by atoms with Gasteiger partial charge >= 0.3 is 11.8 Å². The van der Waals surface area contributed by atoms with Crippen LogP contribution in [0, 0.1) is 12.8 Å². The molecule has 2 N–H and O–H groups in total. The van der Waals surface area contributed by atoms with Crippen molar-refractivity contribution in [3.8, 4) is 5.75 Å². The van der Waals surface area contributed by atoms with Crippen LogP contribution in [0.5, 0.6) is 5.75 Å². The molecule has 0 saturated heterocycles. The molecule has 2 aromatic rings. The van der Waals surface area contributed by atoms with Gasteiger partial charge in [-0.1, -0.05) is 36.4 Å². The minimum atomic E-state index is -0.672. The molecular formula is C20H22N2O3. The predicted octanol–water partition coefficient (Wildman–Crippen LogP) is 2.69. The number of carbonyl (C=O) groups is 2. The molecule has 0 bridgehead atoms. The molecule has 0 spiro atoms. The highest BCUT2D eigenvalue weighted by molar-refractivity contribution is 6.39. The quantitative estimate of drug-likeness (QED) is 0.824. The first kappa shape index (κ1) is 17.0. The second-order valence-corrected chi connectivity index (χ2v) is 6.42. The van der Waals surface area contributed by atoms with Crippen LogP contribution in [0.3, 0.4) is 0 Å². The number of carbonyl (C=O) groups excluding carboxylic acids is 2. The van der Waals surface area contributed by atoms with Crippen molar-refractivity contribution in [3.05, 3.63) is 59.7 Å². The molecule has 1 saturated carbocycles. The van der Waals surface area contributed by atoms with E-state index >= 15 is 0 Å². The van der Waals surface area contributed by atoms with E-state index in [0.29, 0.717) is 17.4 Å². The average Bonchev–Trinajstić information content (AvgIpc) is 3.33. The van der Waals surface area contributed by atoms with E-state index in [1.165, 1.54) is 12.7 Å². The summed E-state index contributed by atoms with van der Waals surface area (Å²) in [5.74, 6) is -0.355. The number of anilines is 1. The summed E-state index contributed by atoms with van der Waals surface area (Å²) in [6, 6.07) is 15.6. The van der Waals surface area contributed by atoms with Crippen LogP contribution in [0.2, 0.25) is 0 Å². The van der Waals surface area contributed by atoms with E-state index in [2.05, 4.69) is 22.8 Å². The molecule has 5 heteroatoms. The molecule has 0 heterocycles.